The van der Waals surface area contributed by atoms with Gasteiger partial charge in [0.2, 0.25) is 5.89 Å². The molecule has 0 radical (unpaired) electrons. The van der Waals surface area contributed by atoms with Crippen LogP contribution in [0.2, 0.25) is 0 Å². The van der Waals surface area contributed by atoms with Gasteiger partial charge in [-0.1, -0.05) is 39.3 Å². The van der Waals surface area contributed by atoms with Crippen molar-refractivity contribution in [2.75, 3.05) is 6.54 Å². The maximum atomic E-state index is 5.32. The van der Waals surface area contributed by atoms with Crippen molar-refractivity contribution in [2.45, 2.75) is 65.8 Å². The summed E-state index contributed by atoms with van der Waals surface area (Å²) < 4.78 is 5.32. The molecule has 1 atom stereocenters. The molecule has 0 saturated heterocycles. The normalized spacial score (nSPS) is 13.2. The van der Waals surface area contributed by atoms with Crippen LogP contribution in [0.5, 0.6) is 0 Å². The summed E-state index contributed by atoms with van der Waals surface area (Å²) in [5, 5.41) is 7.58. The van der Waals surface area contributed by atoms with E-state index < -0.39 is 0 Å². The van der Waals surface area contributed by atoms with E-state index >= 15 is 0 Å². The van der Waals surface area contributed by atoms with E-state index in [1.54, 1.807) is 0 Å². The van der Waals surface area contributed by atoms with Crippen LogP contribution >= 0.6 is 0 Å². The molecular weight excluding hydrogens is 226 g/mol. The lowest BCUT2D eigenvalue weighted by atomic mass is 10.1. The van der Waals surface area contributed by atoms with Gasteiger partial charge in [-0.25, -0.2) is 0 Å². The molecule has 0 fully saturated rings. The van der Waals surface area contributed by atoms with Gasteiger partial charge >= 0.3 is 0 Å². The minimum Gasteiger partial charge on any atom is -0.339 e. The van der Waals surface area contributed by atoms with Crippen molar-refractivity contribution in [2.24, 2.45) is 5.92 Å². The van der Waals surface area contributed by atoms with Crippen molar-refractivity contribution < 1.29 is 4.52 Å². The van der Waals surface area contributed by atoms with Crippen molar-refractivity contribution >= 4 is 0 Å². The number of rotatable bonds is 9. The summed E-state index contributed by atoms with van der Waals surface area (Å²) in [7, 11) is 0. The SMILES string of the molecule is CCCNC(CCC)Cc1nc(CC(C)C)no1. The smallest absolute Gasteiger partial charge is 0.228 e. The van der Waals surface area contributed by atoms with E-state index in [2.05, 4.69) is 43.2 Å². The molecule has 104 valence electrons. The lowest BCUT2D eigenvalue weighted by Crippen LogP contribution is -2.31. The van der Waals surface area contributed by atoms with Gasteiger partial charge in [0.05, 0.1) is 0 Å². The highest BCUT2D eigenvalue weighted by molar-refractivity contribution is 4.90. The first-order valence-corrected chi connectivity index (χ1v) is 7.20. The second kappa shape index (κ2) is 8.25. The summed E-state index contributed by atoms with van der Waals surface area (Å²) in [6.45, 7) is 9.77. The van der Waals surface area contributed by atoms with Gasteiger partial charge in [0.25, 0.3) is 0 Å². The van der Waals surface area contributed by atoms with Gasteiger partial charge < -0.3 is 9.84 Å². The molecule has 4 heteroatoms. The predicted molar refractivity (Wildman–Crippen MR) is 73.5 cm³/mol. The van der Waals surface area contributed by atoms with Crippen LogP contribution in [0.3, 0.4) is 0 Å². The fraction of sp³-hybridized carbons (Fsp3) is 0.857. The fourth-order valence-electron chi connectivity index (χ4n) is 2.01. The Balaban J connectivity index is 2.49. The van der Waals surface area contributed by atoms with Gasteiger partial charge in [-0.3, -0.25) is 0 Å². The molecule has 0 aliphatic heterocycles. The van der Waals surface area contributed by atoms with Crippen LogP contribution < -0.4 is 5.32 Å². The van der Waals surface area contributed by atoms with Gasteiger partial charge in [-0.15, -0.1) is 0 Å². The molecule has 0 aromatic carbocycles. The Hall–Kier alpha value is -0.900. The third kappa shape index (κ3) is 5.63. The molecule has 0 aliphatic carbocycles. The first-order chi connectivity index (χ1) is 8.65. The average molecular weight is 253 g/mol. The highest BCUT2D eigenvalue weighted by Crippen LogP contribution is 2.09. The molecule has 1 heterocycles. The van der Waals surface area contributed by atoms with Crippen molar-refractivity contribution in [3.05, 3.63) is 11.7 Å². The second-order valence-electron chi connectivity index (χ2n) is 5.35. The zero-order valence-corrected chi connectivity index (χ0v) is 12.2. The highest BCUT2D eigenvalue weighted by atomic mass is 16.5. The maximum absolute atomic E-state index is 5.32. The van der Waals surface area contributed by atoms with Crippen molar-refractivity contribution in [3.63, 3.8) is 0 Å². The van der Waals surface area contributed by atoms with Gasteiger partial charge in [0, 0.05) is 18.9 Å². The number of hydrogen-bond donors (Lipinski definition) is 1. The first kappa shape index (κ1) is 15.2. The van der Waals surface area contributed by atoms with E-state index in [4.69, 9.17) is 4.52 Å². The van der Waals surface area contributed by atoms with E-state index in [9.17, 15) is 0 Å². The molecule has 0 amide bonds. The standard InChI is InChI=1S/C14H27N3O/c1-5-7-12(15-8-6-2)10-14-16-13(17-18-14)9-11(3)4/h11-12,15H,5-10H2,1-4H3. The zero-order chi connectivity index (χ0) is 13.4. The van der Waals surface area contributed by atoms with E-state index in [1.807, 2.05) is 0 Å². The quantitative estimate of drug-likeness (QED) is 0.735. The molecular formula is C14H27N3O. The molecule has 0 saturated carbocycles. The summed E-state index contributed by atoms with van der Waals surface area (Å²) in [6, 6.07) is 0.460. The molecule has 1 unspecified atom stereocenters. The maximum Gasteiger partial charge on any atom is 0.228 e. The van der Waals surface area contributed by atoms with Gasteiger partial charge in [0.1, 0.15) is 0 Å². The third-order valence-corrected chi connectivity index (χ3v) is 2.84. The lowest BCUT2D eigenvalue weighted by Gasteiger charge is -2.15. The second-order valence-corrected chi connectivity index (χ2v) is 5.35. The topological polar surface area (TPSA) is 51.0 Å². The van der Waals surface area contributed by atoms with Crippen LogP contribution in [-0.2, 0) is 12.8 Å². The largest absolute Gasteiger partial charge is 0.339 e. The Bertz CT molecular complexity index is 323. The summed E-state index contributed by atoms with van der Waals surface area (Å²) in [6.07, 6.45) is 5.22. The first-order valence-electron chi connectivity index (χ1n) is 7.20. The summed E-state index contributed by atoms with van der Waals surface area (Å²) in [5.41, 5.74) is 0. The number of hydrogen-bond acceptors (Lipinski definition) is 4. The molecule has 1 aromatic rings. The van der Waals surface area contributed by atoms with E-state index in [-0.39, 0.29) is 0 Å². The molecule has 1 N–H and O–H groups in total. The van der Waals surface area contributed by atoms with Crippen LogP contribution in [0.1, 0.15) is 58.7 Å². The van der Waals surface area contributed by atoms with Crippen molar-refractivity contribution in [1.82, 2.24) is 15.5 Å². The third-order valence-electron chi connectivity index (χ3n) is 2.84. The fourth-order valence-corrected chi connectivity index (χ4v) is 2.01. The minimum atomic E-state index is 0.460. The van der Waals surface area contributed by atoms with Crippen LogP contribution in [0.4, 0.5) is 0 Å². The highest BCUT2D eigenvalue weighted by Gasteiger charge is 2.13. The van der Waals surface area contributed by atoms with Gasteiger partial charge in [-0.05, 0) is 25.3 Å². The molecule has 18 heavy (non-hydrogen) atoms. The summed E-state index contributed by atoms with van der Waals surface area (Å²) in [4.78, 5) is 4.46. The Morgan fingerprint density at radius 2 is 1.94 bits per heavy atom. The summed E-state index contributed by atoms with van der Waals surface area (Å²) >= 11 is 0. The molecule has 0 aliphatic rings. The summed E-state index contributed by atoms with van der Waals surface area (Å²) in [5.74, 6) is 2.18. The van der Waals surface area contributed by atoms with Crippen molar-refractivity contribution in [1.29, 1.82) is 0 Å². The Morgan fingerprint density at radius 3 is 2.56 bits per heavy atom. The predicted octanol–water partition coefficient (Wildman–Crippen LogP) is 2.98. The van der Waals surface area contributed by atoms with E-state index in [0.29, 0.717) is 12.0 Å². The average Bonchev–Trinajstić information content (AvgIpc) is 2.72. The minimum absolute atomic E-state index is 0.460. The molecule has 1 rings (SSSR count). The number of aromatic nitrogens is 2. The number of nitrogens with one attached hydrogen (secondary N) is 1. The van der Waals surface area contributed by atoms with E-state index in [1.165, 1.54) is 6.42 Å². The van der Waals surface area contributed by atoms with Crippen LogP contribution in [0, 0.1) is 5.92 Å². The van der Waals surface area contributed by atoms with Crippen molar-refractivity contribution in [3.8, 4) is 0 Å². The number of nitrogens with zero attached hydrogens (tertiary/aromatic N) is 2. The van der Waals surface area contributed by atoms with Gasteiger partial charge in [-0.2, -0.15) is 4.98 Å². The van der Waals surface area contributed by atoms with Gasteiger partial charge in [0.15, 0.2) is 5.82 Å². The molecule has 4 nitrogen and oxygen atoms in total. The monoisotopic (exact) mass is 253 g/mol. The van der Waals surface area contributed by atoms with Crippen LogP contribution in [0.15, 0.2) is 4.52 Å². The molecule has 0 spiro atoms. The Morgan fingerprint density at radius 1 is 1.17 bits per heavy atom. The zero-order valence-electron chi connectivity index (χ0n) is 12.2. The van der Waals surface area contributed by atoms with Crippen LogP contribution in [0.25, 0.3) is 0 Å². The lowest BCUT2D eigenvalue weighted by molar-refractivity contribution is 0.345. The van der Waals surface area contributed by atoms with E-state index in [0.717, 1.165) is 43.9 Å². The Kier molecular flexibility index (Phi) is 6.94. The van der Waals surface area contributed by atoms with Crippen LogP contribution in [-0.4, -0.2) is 22.7 Å². The molecule has 0 bridgehead atoms. The Labute approximate surface area is 111 Å². The molecule has 1 aromatic heterocycles.